The summed E-state index contributed by atoms with van der Waals surface area (Å²) in [5, 5.41) is 4.55. The van der Waals surface area contributed by atoms with Crippen LogP contribution in [0.1, 0.15) is 11.1 Å². The van der Waals surface area contributed by atoms with Crippen molar-refractivity contribution in [2.24, 2.45) is 0 Å². The number of nitrogens with two attached hydrogens (primary N) is 1. The summed E-state index contributed by atoms with van der Waals surface area (Å²) >= 11 is 0. The summed E-state index contributed by atoms with van der Waals surface area (Å²) in [6, 6.07) is 4.27. The predicted octanol–water partition coefficient (Wildman–Crippen LogP) is 1.09. The number of rotatable bonds is 0. The normalized spacial score (nSPS) is 23.8. The lowest BCUT2D eigenvalue weighted by molar-refractivity contribution is 0.567. The molecule has 12 heavy (non-hydrogen) atoms. The second kappa shape index (κ2) is 1.75. The van der Waals surface area contributed by atoms with Gasteiger partial charge in [-0.05, 0) is 24.1 Å². The zero-order chi connectivity index (χ0) is 8.29. The first-order valence-corrected chi connectivity index (χ1v) is 4.17. The van der Waals surface area contributed by atoms with Crippen molar-refractivity contribution in [1.82, 2.24) is 5.01 Å². The van der Waals surface area contributed by atoms with Gasteiger partial charge >= 0.3 is 0 Å². The fourth-order valence-corrected chi connectivity index (χ4v) is 1.83. The monoisotopic (exact) mass is 161 g/mol. The zero-order valence-corrected chi connectivity index (χ0v) is 7.04. The SMILES string of the molecule is Cc1cc2c(cc1N)N1CN1C2. The molecule has 2 aliphatic rings. The van der Waals surface area contributed by atoms with Crippen LogP contribution in [0.15, 0.2) is 12.1 Å². The zero-order valence-electron chi connectivity index (χ0n) is 7.04. The molecule has 0 spiro atoms. The summed E-state index contributed by atoms with van der Waals surface area (Å²) in [6.45, 7) is 4.20. The largest absolute Gasteiger partial charge is 0.398 e. The molecule has 1 aromatic rings. The third-order valence-electron chi connectivity index (χ3n) is 2.65. The van der Waals surface area contributed by atoms with Crippen LogP contribution < -0.4 is 10.7 Å². The van der Waals surface area contributed by atoms with Crippen LogP contribution in [0.3, 0.4) is 0 Å². The Balaban J connectivity index is 2.20. The van der Waals surface area contributed by atoms with E-state index in [4.69, 9.17) is 5.73 Å². The van der Waals surface area contributed by atoms with Gasteiger partial charge in [0.05, 0.1) is 5.69 Å². The van der Waals surface area contributed by atoms with Crippen molar-refractivity contribution in [3.8, 4) is 0 Å². The second-order valence-electron chi connectivity index (χ2n) is 3.54. The van der Waals surface area contributed by atoms with Crippen molar-refractivity contribution in [3.63, 3.8) is 0 Å². The van der Waals surface area contributed by atoms with Gasteiger partial charge in [-0.3, -0.25) is 5.01 Å². The average Bonchev–Trinajstić information content (AvgIpc) is 2.70. The molecule has 1 atom stereocenters. The second-order valence-corrected chi connectivity index (χ2v) is 3.54. The summed E-state index contributed by atoms with van der Waals surface area (Å²) in [5.74, 6) is 0. The molecule has 1 aromatic carbocycles. The molecule has 0 radical (unpaired) electrons. The predicted molar refractivity (Wildman–Crippen MR) is 48.5 cm³/mol. The first-order valence-electron chi connectivity index (χ1n) is 4.17. The molecule has 0 bridgehead atoms. The summed E-state index contributed by atoms with van der Waals surface area (Å²) in [5.41, 5.74) is 10.6. The minimum atomic E-state index is 0.905. The van der Waals surface area contributed by atoms with Crippen molar-refractivity contribution < 1.29 is 0 Å². The van der Waals surface area contributed by atoms with Gasteiger partial charge in [0.25, 0.3) is 0 Å². The lowest BCUT2D eigenvalue weighted by atomic mass is 10.1. The molecule has 0 aliphatic carbocycles. The van der Waals surface area contributed by atoms with Crippen LogP contribution in [0.2, 0.25) is 0 Å². The molecule has 2 heterocycles. The molecule has 2 N–H and O–H groups in total. The molecular weight excluding hydrogens is 150 g/mol. The standard InChI is InChI=1S/C9H11N3/c1-6-2-7-4-11-5-12(11)9(7)3-8(6)10/h2-3H,4-5,10H2,1H3. The van der Waals surface area contributed by atoms with E-state index in [0.717, 1.165) is 18.9 Å². The highest BCUT2D eigenvalue weighted by Gasteiger charge is 2.39. The Morgan fingerprint density at radius 1 is 1.42 bits per heavy atom. The van der Waals surface area contributed by atoms with E-state index in [1.807, 2.05) is 0 Å². The maximum Gasteiger partial charge on any atom is 0.105 e. The molecule has 62 valence electrons. The Morgan fingerprint density at radius 2 is 2.25 bits per heavy atom. The molecular formula is C9H11N3. The Labute approximate surface area is 71.3 Å². The lowest BCUT2D eigenvalue weighted by Gasteiger charge is -2.05. The number of anilines is 2. The third-order valence-corrected chi connectivity index (χ3v) is 2.65. The van der Waals surface area contributed by atoms with Crippen molar-refractivity contribution in [1.29, 1.82) is 0 Å². The van der Waals surface area contributed by atoms with Crippen LogP contribution in [0.5, 0.6) is 0 Å². The van der Waals surface area contributed by atoms with Crippen LogP contribution in [0, 0.1) is 6.92 Å². The number of hydrogen-bond donors (Lipinski definition) is 1. The smallest absolute Gasteiger partial charge is 0.105 e. The molecule has 3 heteroatoms. The number of hydrazine groups is 1. The molecule has 1 saturated heterocycles. The average molecular weight is 161 g/mol. The first-order chi connectivity index (χ1) is 5.75. The molecule has 3 nitrogen and oxygen atoms in total. The van der Waals surface area contributed by atoms with Crippen LogP contribution >= 0.6 is 0 Å². The van der Waals surface area contributed by atoms with Gasteiger partial charge in [0.15, 0.2) is 0 Å². The Bertz CT molecular complexity index is 359. The van der Waals surface area contributed by atoms with Crippen molar-refractivity contribution in [2.45, 2.75) is 13.5 Å². The first kappa shape index (κ1) is 6.31. The highest BCUT2D eigenvalue weighted by atomic mass is 15.8. The third kappa shape index (κ3) is 0.642. The van der Waals surface area contributed by atoms with Gasteiger partial charge in [-0.25, -0.2) is 0 Å². The van der Waals surface area contributed by atoms with E-state index in [1.54, 1.807) is 0 Å². The lowest BCUT2D eigenvalue weighted by Crippen LogP contribution is -1.95. The summed E-state index contributed by atoms with van der Waals surface area (Å²) < 4.78 is 0. The van der Waals surface area contributed by atoms with Crippen LogP contribution in [-0.4, -0.2) is 11.7 Å². The summed E-state index contributed by atoms with van der Waals surface area (Å²) in [7, 11) is 0. The molecule has 2 aliphatic heterocycles. The van der Waals surface area contributed by atoms with Crippen molar-refractivity contribution >= 4 is 11.4 Å². The maximum absolute atomic E-state index is 5.83. The topological polar surface area (TPSA) is 32.0 Å². The van der Waals surface area contributed by atoms with Gasteiger partial charge in [-0.15, -0.1) is 0 Å². The molecule has 1 fully saturated rings. The minimum absolute atomic E-state index is 0.905. The molecule has 1 unspecified atom stereocenters. The van der Waals surface area contributed by atoms with Crippen molar-refractivity contribution in [2.75, 3.05) is 17.4 Å². The van der Waals surface area contributed by atoms with E-state index in [9.17, 15) is 0 Å². The van der Waals surface area contributed by atoms with Gasteiger partial charge in [0.2, 0.25) is 0 Å². The van der Waals surface area contributed by atoms with E-state index in [1.165, 1.54) is 16.8 Å². The summed E-state index contributed by atoms with van der Waals surface area (Å²) in [6.07, 6.45) is 0. The Hall–Kier alpha value is -1.22. The Kier molecular flexibility index (Phi) is 0.919. The molecule has 3 rings (SSSR count). The quantitative estimate of drug-likeness (QED) is 0.456. The number of aryl methyl sites for hydroxylation is 1. The molecule has 0 amide bonds. The highest BCUT2D eigenvalue weighted by molar-refractivity contribution is 5.68. The minimum Gasteiger partial charge on any atom is -0.398 e. The fraction of sp³-hybridized carbons (Fsp3) is 0.333. The summed E-state index contributed by atoms with van der Waals surface area (Å²) in [4.78, 5) is 0. The van der Waals surface area contributed by atoms with Gasteiger partial charge in [-0.1, -0.05) is 6.07 Å². The Morgan fingerprint density at radius 3 is 3.08 bits per heavy atom. The number of benzene rings is 1. The number of hydrogen-bond acceptors (Lipinski definition) is 3. The van der Waals surface area contributed by atoms with E-state index in [0.29, 0.717) is 0 Å². The van der Waals surface area contributed by atoms with E-state index in [-0.39, 0.29) is 0 Å². The van der Waals surface area contributed by atoms with Crippen LogP contribution in [0.4, 0.5) is 11.4 Å². The molecule has 0 aromatic heterocycles. The van der Waals surface area contributed by atoms with Gasteiger partial charge in [0.1, 0.15) is 6.67 Å². The van der Waals surface area contributed by atoms with Crippen LogP contribution in [-0.2, 0) is 6.54 Å². The van der Waals surface area contributed by atoms with Crippen molar-refractivity contribution in [3.05, 3.63) is 23.3 Å². The number of fused-ring (bicyclic) bond motifs is 3. The fourth-order valence-electron chi connectivity index (χ4n) is 1.83. The number of nitrogens with zero attached hydrogens (tertiary/aromatic N) is 2. The van der Waals surface area contributed by atoms with E-state index >= 15 is 0 Å². The van der Waals surface area contributed by atoms with Gasteiger partial charge in [0, 0.05) is 12.2 Å². The van der Waals surface area contributed by atoms with E-state index < -0.39 is 0 Å². The number of nitrogen functional groups attached to an aromatic ring is 1. The van der Waals surface area contributed by atoms with Crippen LogP contribution in [0.25, 0.3) is 0 Å². The van der Waals surface area contributed by atoms with E-state index in [2.05, 4.69) is 29.1 Å². The maximum atomic E-state index is 5.83. The molecule has 0 saturated carbocycles. The highest BCUT2D eigenvalue weighted by Crippen LogP contribution is 2.41. The van der Waals surface area contributed by atoms with Gasteiger partial charge < -0.3 is 5.73 Å². The van der Waals surface area contributed by atoms with Gasteiger partial charge in [-0.2, -0.15) is 5.01 Å².